The highest BCUT2D eigenvalue weighted by Gasteiger charge is 1.87. The minimum atomic E-state index is 0.343. The molecular weight excluding hydrogens is 152 g/mol. The van der Waals surface area contributed by atoms with Gasteiger partial charge in [-0.25, -0.2) is 0 Å². The molecular formula is C10H20O2. The maximum atomic E-state index is 10.2. The molecule has 0 N–H and O–H groups in total. The van der Waals surface area contributed by atoms with Crippen LogP contribution in [0.5, 0.6) is 0 Å². The Hall–Kier alpha value is -0.660. The third-order valence-corrected chi connectivity index (χ3v) is 1.58. The van der Waals surface area contributed by atoms with Gasteiger partial charge >= 0.3 is 0 Å². The van der Waals surface area contributed by atoms with Gasteiger partial charge in [0.25, 0.3) is 0 Å². The maximum Gasteiger partial charge on any atom is 0.132 e. The standard InChI is InChI=1S/2C5H10O/c2*1-3-5(6)4-2/h2*3-4H2,1-2H3. The Morgan fingerprint density at radius 1 is 0.667 bits per heavy atom. The summed E-state index contributed by atoms with van der Waals surface area (Å²) >= 11 is 0. The van der Waals surface area contributed by atoms with E-state index in [1.165, 1.54) is 0 Å². The zero-order chi connectivity index (χ0) is 9.98. The van der Waals surface area contributed by atoms with Crippen LogP contribution in [0.1, 0.15) is 53.4 Å². The lowest BCUT2D eigenvalue weighted by molar-refractivity contribution is -0.119. The highest BCUT2D eigenvalue weighted by Crippen LogP contribution is 1.83. The predicted octanol–water partition coefficient (Wildman–Crippen LogP) is 2.75. The molecule has 0 fully saturated rings. The van der Waals surface area contributed by atoms with Crippen molar-refractivity contribution in [3.63, 3.8) is 0 Å². The monoisotopic (exact) mass is 172 g/mol. The van der Waals surface area contributed by atoms with E-state index in [9.17, 15) is 9.59 Å². The fraction of sp³-hybridized carbons (Fsp3) is 0.800. The molecule has 0 heterocycles. The Balaban J connectivity index is 0. The van der Waals surface area contributed by atoms with E-state index in [1.807, 2.05) is 27.7 Å². The Bertz CT molecular complexity index is 99.8. The van der Waals surface area contributed by atoms with Crippen LogP contribution < -0.4 is 0 Å². The molecule has 0 aliphatic carbocycles. The Morgan fingerprint density at radius 3 is 0.833 bits per heavy atom. The molecule has 0 aromatic carbocycles. The summed E-state index contributed by atoms with van der Waals surface area (Å²) in [7, 11) is 0. The molecule has 0 unspecified atom stereocenters. The van der Waals surface area contributed by atoms with Crippen LogP contribution in [0.15, 0.2) is 0 Å². The molecule has 0 saturated carbocycles. The van der Waals surface area contributed by atoms with Crippen LogP contribution in [-0.4, -0.2) is 11.6 Å². The molecule has 72 valence electrons. The van der Waals surface area contributed by atoms with Gasteiger partial charge in [-0.05, 0) is 0 Å². The van der Waals surface area contributed by atoms with Crippen molar-refractivity contribution in [3.8, 4) is 0 Å². The molecule has 0 rings (SSSR count). The largest absolute Gasteiger partial charge is 0.300 e. The third kappa shape index (κ3) is 12.1. The van der Waals surface area contributed by atoms with Crippen molar-refractivity contribution in [2.75, 3.05) is 0 Å². The topological polar surface area (TPSA) is 34.1 Å². The molecule has 0 aromatic rings. The lowest BCUT2D eigenvalue weighted by Crippen LogP contribution is -1.88. The van der Waals surface area contributed by atoms with E-state index in [0.29, 0.717) is 37.2 Å². The first-order valence-electron chi connectivity index (χ1n) is 4.65. The molecule has 0 spiro atoms. The van der Waals surface area contributed by atoms with E-state index in [2.05, 4.69) is 0 Å². The number of rotatable bonds is 4. The summed E-state index contributed by atoms with van der Waals surface area (Å²) in [4.78, 5) is 20.4. The second kappa shape index (κ2) is 10.3. The number of ketones is 2. The Labute approximate surface area is 75.4 Å². The summed E-state index contributed by atoms with van der Waals surface area (Å²) in [6.45, 7) is 7.52. The average Bonchev–Trinajstić information content (AvgIpc) is 2.16. The van der Waals surface area contributed by atoms with Gasteiger partial charge in [0, 0.05) is 25.7 Å². The minimum Gasteiger partial charge on any atom is -0.300 e. The number of hydrogen-bond acceptors (Lipinski definition) is 2. The van der Waals surface area contributed by atoms with Gasteiger partial charge in [-0.2, -0.15) is 0 Å². The smallest absolute Gasteiger partial charge is 0.132 e. The van der Waals surface area contributed by atoms with Crippen molar-refractivity contribution in [2.45, 2.75) is 53.4 Å². The van der Waals surface area contributed by atoms with E-state index in [1.54, 1.807) is 0 Å². The van der Waals surface area contributed by atoms with Crippen molar-refractivity contribution < 1.29 is 9.59 Å². The van der Waals surface area contributed by atoms with Crippen LogP contribution >= 0.6 is 0 Å². The summed E-state index contributed by atoms with van der Waals surface area (Å²) in [6, 6.07) is 0. The van der Waals surface area contributed by atoms with Crippen molar-refractivity contribution >= 4 is 11.6 Å². The highest BCUT2D eigenvalue weighted by atomic mass is 16.1. The minimum absolute atomic E-state index is 0.343. The Morgan fingerprint density at radius 2 is 0.833 bits per heavy atom. The fourth-order valence-corrected chi connectivity index (χ4v) is 0.500. The summed E-state index contributed by atoms with van der Waals surface area (Å²) in [5, 5.41) is 0. The molecule has 0 atom stereocenters. The lowest BCUT2D eigenvalue weighted by Gasteiger charge is -1.81. The summed E-state index contributed by atoms with van der Waals surface area (Å²) < 4.78 is 0. The van der Waals surface area contributed by atoms with Crippen LogP contribution in [0.2, 0.25) is 0 Å². The summed E-state index contributed by atoms with van der Waals surface area (Å²) in [5.74, 6) is 0.685. The Kier molecular flexibility index (Phi) is 12.0. The normalized spacial score (nSPS) is 8.33. The van der Waals surface area contributed by atoms with Gasteiger partial charge in [-0.3, -0.25) is 9.59 Å². The van der Waals surface area contributed by atoms with Gasteiger partial charge in [0.2, 0.25) is 0 Å². The summed E-state index contributed by atoms with van der Waals surface area (Å²) in [5.41, 5.74) is 0. The maximum absolute atomic E-state index is 10.2. The first kappa shape index (κ1) is 13.9. The molecule has 0 bridgehead atoms. The SMILES string of the molecule is CCC(=O)CC.CCC(=O)CC. The molecule has 2 heteroatoms. The van der Waals surface area contributed by atoms with Gasteiger partial charge in [0.15, 0.2) is 0 Å². The van der Waals surface area contributed by atoms with E-state index >= 15 is 0 Å². The van der Waals surface area contributed by atoms with Gasteiger partial charge in [-0.1, -0.05) is 27.7 Å². The van der Waals surface area contributed by atoms with Crippen LogP contribution in [-0.2, 0) is 9.59 Å². The molecule has 0 radical (unpaired) electrons. The average molecular weight is 172 g/mol. The van der Waals surface area contributed by atoms with Crippen LogP contribution in [0.25, 0.3) is 0 Å². The number of carbonyl (C=O) groups is 2. The zero-order valence-corrected chi connectivity index (χ0v) is 8.64. The second-order valence-corrected chi connectivity index (χ2v) is 2.49. The van der Waals surface area contributed by atoms with Gasteiger partial charge in [0.05, 0.1) is 0 Å². The fourth-order valence-electron chi connectivity index (χ4n) is 0.500. The van der Waals surface area contributed by atoms with E-state index in [4.69, 9.17) is 0 Å². The van der Waals surface area contributed by atoms with Gasteiger partial charge in [-0.15, -0.1) is 0 Å². The number of Topliss-reactive ketones (excluding diaryl/α,β-unsaturated/α-hetero) is 2. The van der Waals surface area contributed by atoms with Gasteiger partial charge < -0.3 is 0 Å². The molecule has 0 saturated heterocycles. The molecule has 0 aromatic heterocycles. The van der Waals surface area contributed by atoms with Crippen LogP contribution in [0.3, 0.4) is 0 Å². The van der Waals surface area contributed by atoms with Gasteiger partial charge in [0.1, 0.15) is 11.6 Å². The second-order valence-electron chi connectivity index (χ2n) is 2.49. The zero-order valence-electron chi connectivity index (χ0n) is 8.64. The summed E-state index contributed by atoms with van der Waals surface area (Å²) in [6.07, 6.45) is 2.76. The quantitative estimate of drug-likeness (QED) is 0.653. The van der Waals surface area contributed by atoms with E-state index in [0.717, 1.165) is 0 Å². The van der Waals surface area contributed by atoms with E-state index < -0.39 is 0 Å². The lowest BCUT2D eigenvalue weighted by atomic mass is 10.3. The number of hydrogen-bond donors (Lipinski definition) is 0. The van der Waals surface area contributed by atoms with E-state index in [-0.39, 0.29) is 0 Å². The van der Waals surface area contributed by atoms with Crippen molar-refractivity contribution in [1.29, 1.82) is 0 Å². The molecule has 12 heavy (non-hydrogen) atoms. The molecule has 0 aliphatic heterocycles. The molecule has 2 nitrogen and oxygen atoms in total. The first-order chi connectivity index (χ1) is 5.62. The third-order valence-electron chi connectivity index (χ3n) is 1.58. The van der Waals surface area contributed by atoms with Crippen molar-refractivity contribution in [2.24, 2.45) is 0 Å². The van der Waals surface area contributed by atoms with Crippen molar-refractivity contribution in [1.82, 2.24) is 0 Å². The molecule has 0 amide bonds. The van der Waals surface area contributed by atoms with Crippen molar-refractivity contribution in [3.05, 3.63) is 0 Å². The van der Waals surface area contributed by atoms with Crippen LogP contribution in [0, 0.1) is 0 Å². The highest BCUT2D eigenvalue weighted by molar-refractivity contribution is 5.77. The van der Waals surface area contributed by atoms with Crippen LogP contribution in [0.4, 0.5) is 0 Å². The molecule has 0 aliphatic rings. The number of carbonyl (C=O) groups excluding carboxylic acids is 2. The first-order valence-corrected chi connectivity index (χ1v) is 4.65. The predicted molar refractivity (Wildman–Crippen MR) is 51.2 cm³/mol.